The molecule has 0 aliphatic carbocycles. The lowest BCUT2D eigenvalue weighted by atomic mass is 10.2. The van der Waals surface area contributed by atoms with E-state index in [4.69, 9.17) is 16.6 Å². The zero-order chi connectivity index (χ0) is 14.3. The Morgan fingerprint density at radius 2 is 1.42 bits per heavy atom. The van der Waals surface area contributed by atoms with Crippen LogP contribution in [0.5, 0.6) is 0 Å². The number of carbonyl (C=O) groups excluding carboxylic acids is 1. The first kappa shape index (κ1) is 14.2. The highest BCUT2D eigenvalue weighted by molar-refractivity contribution is 5.97. The van der Waals surface area contributed by atoms with Crippen LogP contribution < -0.4 is 11.5 Å². The third-order valence-electron chi connectivity index (χ3n) is 2.25. The summed E-state index contributed by atoms with van der Waals surface area (Å²) in [5, 5.41) is 8.38. The number of para-hydroxylation sites is 1. The Bertz CT molecular complexity index is 568. The average Bonchev–Trinajstić information content (AvgIpc) is 2.40. The molecule has 5 nitrogen and oxygen atoms in total. The van der Waals surface area contributed by atoms with Gasteiger partial charge in [-0.25, -0.2) is 4.79 Å². The zero-order valence-electron chi connectivity index (χ0n) is 10.1. The Kier molecular flexibility index (Phi) is 5.10. The third kappa shape index (κ3) is 4.51. The first-order valence-electron chi connectivity index (χ1n) is 5.45. The predicted octanol–water partition coefficient (Wildman–Crippen LogP) is 1.75. The Hall–Kier alpha value is -2.82. The van der Waals surface area contributed by atoms with E-state index in [1.54, 1.807) is 54.6 Å². The van der Waals surface area contributed by atoms with Crippen LogP contribution >= 0.6 is 0 Å². The van der Waals surface area contributed by atoms with Crippen LogP contribution in [0.15, 0.2) is 54.6 Å². The number of carboxylic acid groups (broad SMARTS) is 1. The van der Waals surface area contributed by atoms with Crippen LogP contribution in [0.2, 0.25) is 0 Å². The summed E-state index contributed by atoms with van der Waals surface area (Å²) in [5.74, 6) is -1.37. The van der Waals surface area contributed by atoms with Crippen molar-refractivity contribution in [3.8, 4) is 0 Å². The molecule has 98 valence electrons. The van der Waals surface area contributed by atoms with E-state index in [1.807, 2.05) is 0 Å². The molecule has 19 heavy (non-hydrogen) atoms. The Morgan fingerprint density at radius 3 is 1.79 bits per heavy atom. The number of rotatable bonds is 2. The first-order valence-corrected chi connectivity index (χ1v) is 5.45. The van der Waals surface area contributed by atoms with Crippen molar-refractivity contribution in [2.24, 2.45) is 5.73 Å². The van der Waals surface area contributed by atoms with Gasteiger partial charge in [0.25, 0.3) is 5.91 Å². The fourth-order valence-corrected chi connectivity index (χ4v) is 1.30. The van der Waals surface area contributed by atoms with Crippen LogP contribution in [-0.2, 0) is 0 Å². The molecule has 0 saturated carbocycles. The van der Waals surface area contributed by atoms with Crippen LogP contribution in [0.4, 0.5) is 5.69 Å². The van der Waals surface area contributed by atoms with E-state index in [-0.39, 0.29) is 0 Å². The minimum atomic E-state index is -0.879. The molecule has 0 unspecified atom stereocenters. The van der Waals surface area contributed by atoms with E-state index in [0.29, 0.717) is 16.8 Å². The molecule has 1 amide bonds. The van der Waals surface area contributed by atoms with Crippen LogP contribution in [-0.4, -0.2) is 17.0 Å². The number of nitrogens with two attached hydrogens (primary N) is 2. The fourth-order valence-electron chi connectivity index (χ4n) is 1.30. The van der Waals surface area contributed by atoms with E-state index in [2.05, 4.69) is 0 Å². The first-order chi connectivity index (χ1) is 9.02. The monoisotopic (exact) mass is 258 g/mol. The van der Waals surface area contributed by atoms with Crippen LogP contribution in [0.1, 0.15) is 20.7 Å². The standard InChI is InChI=1S/C7H8N2O.C7H6O2/c8-6-4-2-1-3-5(6)7(9)10;8-7(9)6-4-2-1-3-5-6/h1-4H,8H2,(H2,9,10);1-5H,(H,8,9). The van der Waals surface area contributed by atoms with Gasteiger partial charge in [-0.2, -0.15) is 0 Å². The Balaban J connectivity index is 0.000000191. The molecule has 2 rings (SSSR count). The molecule has 0 aliphatic heterocycles. The van der Waals surface area contributed by atoms with E-state index < -0.39 is 11.9 Å². The van der Waals surface area contributed by atoms with Gasteiger partial charge in [0.05, 0.1) is 11.1 Å². The molecule has 0 aromatic heterocycles. The second kappa shape index (κ2) is 6.80. The number of amides is 1. The quantitative estimate of drug-likeness (QED) is 0.713. The van der Waals surface area contributed by atoms with Crippen LogP contribution in [0.3, 0.4) is 0 Å². The number of hydrogen-bond donors (Lipinski definition) is 3. The molecule has 0 radical (unpaired) electrons. The lowest BCUT2D eigenvalue weighted by molar-refractivity contribution is 0.0696. The number of anilines is 1. The fraction of sp³-hybridized carbons (Fsp3) is 0. The number of nitrogen functional groups attached to an aromatic ring is 1. The van der Waals surface area contributed by atoms with Crippen molar-refractivity contribution in [3.05, 3.63) is 65.7 Å². The van der Waals surface area contributed by atoms with Crippen molar-refractivity contribution in [1.82, 2.24) is 0 Å². The number of carboxylic acids is 1. The minimum Gasteiger partial charge on any atom is -0.478 e. The zero-order valence-corrected chi connectivity index (χ0v) is 10.1. The summed E-state index contributed by atoms with van der Waals surface area (Å²) in [7, 11) is 0. The highest BCUT2D eigenvalue weighted by Gasteiger charge is 2.01. The average molecular weight is 258 g/mol. The lowest BCUT2D eigenvalue weighted by Crippen LogP contribution is -2.12. The van der Waals surface area contributed by atoms with Gasteiger partial charge in [0, 0.05) is 5.69 Å². The molecule has 0 saturated heterocycles. The molecule has 5 heteroatoms. The highest BCUT2D eigenvalue weighted by atomic mass is 16.4. The molecule has 2 aromatic carbocycles. The lowest BCUT2D eigenvalue weighted by Gasteiger charge is -1.97. The minimum absolute atomic E-state index is 0.331. The molecule has 0 aliphatic rings. The number of primary amides is 1. The summed E-state index contributed by atoms with van der Waals surface area (Å²) in [5.41, 5.74) is 11.6. The van der Waals surface area contributed by atoms with Gasteiger partial charge in [-0.1, -0.05) is 30.3 Å². The van der Waals surface area contributed by atoms with Gasteiger partial charge in [-0.05, 0) is 24.3 Å². The second-order valence-corrected chi connectivity index (χ2v) is 3.62. The van der Waals surface area contributed by atoms with E-state index >= 15 is 0 Å². The highest BCUT2D eigenvalue weighted by Crippen LogP contribution is 2.08. The maximum Gasteiger partial charge on any atom is 0.335 e. The Morgan fingerprint density at radius 1 is 0.895 bits per heavy atom. The molecule has 0 bridgehead atoms. The molecule has 0 spiro atoms. The summed E-state index contributed by atoms with van der Waals surface area (Å²) in [6.45, 7) is 0. The second-order valence-electron chi connectivity index (χ2n) is 3.62. The predicted molar refractivity (Wildman–Crippen MR) is 72.8 cm³/mol. The van der Waals surface area contributed by atoms with Gasteiger partial charge < -0.3 is 16.6 Å². The van der Waals surface area contributed by atoms with Crippen molar-refractivity contribution in [3.63, 3.8) is 0 Å². The summed E-state index contributed by atoms with van der Waals surface area (Å²) < 4.78 is 0. The summed E-state index contributed by atoms with van der Waals surface area (Å²) in [6.07, 6.45) is 0. The van der Waals surface area contributed by atoms with Crippen molar-refractivity contribution in [2.75, 3.05) is 5.73 Å². The van der Waals surface area contributed by atoms with Gasteiger partial charge in [-0.15, -0.1) is 0 Å². The molecule has 0 atom stereocenters. The van der Waals surface area contributed by atoms with Gasteiger partial charge in [0.1, 0.15) is 0 Å². The normalized spacial score (nSPS) is 9.05. The number of aromatic carboxylic acids is 1. The van der Waals surface area contributed by atoms with E-state index in [0.717, 1.165) is 0 Å². The molecule has 0 heterocycles. The van der Waals surface area contributed by atoms with Gasteiger partial charge in [0.15, 0.2) is 0 Å². The van der Waals surface area contributed by atoms with E-state index in [1.165, 1.54) is 0 Å². The number of carbonyl (C=O) groups is 2. The van der Waals surface area contributed by atoms with Crippen LogP contribution in [0, 0.1) is 0 Å². The molecular weight excluding hydrogens is 244 g/mol. The molecule has 0 fully saturated rings. The maximum absolute atomic E-state index is 10.6. The van der Waals surface area contributed by atoms with E-state index in [9.17, 15) is 9.59 Å². The van der Waals surface area contributed by atoms with Crippen molar-refractivity contribution in [2.45, 2.75) is 0 Å². The smallest absolute Gasteiger partial charge is 0.335 e. The number of hydrogen-bond acceptors (Lipinski definition) is 3. The van der Waals surface area contributed by atoms with Crippen molar-refractivity contribution < 1.29 is 14.7 Å². The summed E-state index contributed by atoms with van der Waals surface area (Å²) in [6, 6.07) is 15.0. The molecule has 5 N–H and O–H groups in total. The van der Waals surface area contributed by atoms with Gasteiger partial charge in [-0.3, -0.25) is 4.79 Å². The topological polar surface area (TPSA) is 106 Å². The van der Waals surface area contributed by atoms with Crippen LogP contribution in [0.25, 0.3) is 0 Å². The Labute approximate surface area is 110 Å². The SMILES string of the molecule is NC(=O)c1ccccc1N.O=C(O)c1ccccc1. The maximum atomic E-state index is 10.6. The number of benzene rings is 2. The van der Waals surface area contributed by atoms with Gasteiger partial charge in [0.2, 0.25) is 0 Å². The van der Waals surface area contributed by atoms with Crippen molar-refractivity contribution >= 4 is 17.6 Å². The van der Waals surface area contributed by atoms with Crippen molar-refractivity contribution in [1.29, 1.82) is 0 Å². The largest absolute Gasteiger partial charge is 0.478 e. The molecular formula is C14H14N2O3. The summed E-state index contributed by atoms with van der Waals surface area (Å²) >= 11 is 0. The molecule has 2 aromatic rings. The summed E-state index contributed by atoms with van der Waals surface area (Å²) in [4.78, 5) is 20.8. The third-order valence-corrected chi connectivity index (χ3v) is 2.25. The van der Waals surface area contributed by atoms with Gasteiger partial charge >= 0.3 is 5.97 Å².